The zero-order valence-corrected chi connectivity index (χ0v) is 15.7. The Morgan fingerprint density at radius 2 is 1.82 bits per heavy atom. The maximum absolute atomic E-state index is 11.2. The second-order valence-corrected chi connectivity index (χ2v) is 5.64. The van der Waals surface area contributed by atoms with Crippen LogP contribution in [0.3, 0.4) is 0 Å². The molecule has 0 saturated heterocycles. The lowest BCUT2D eigenvalue weighted by atomic mass is 10.1. The highest BCUT2D eigenvalue weighted by Crippen LogP contribution is 2.33. The molecule has 0 radical (unpaired) electrons. The van der Waals surface area contributed by atoms with Crippen molar-refractivity contribution in [1.82, 2.24) is 15.2 Å². The number of hydrogen-bond acceptors (Lipinski definition) is 6. The largest absolute Gasteiger partial charge is 0.493 e. The highest BCUT2D eigenvalue weighted by Gasteiger charge is 2.14. The van der Waals surface area contributed by atoms with Gasteiger partial charge in [0.1, 0.15) is 5.69 Å². The van der Waals surface area contributed by atoms with E-state index in [0.717, 1.165) is 11.3 Å². The quantitative estimate of drug-likeness (QED) is 0.524. The van der Waals surface area contributed by atoms with Crippen molar-refractivity contribution in [2.45, 2.75) is 0 Å². The van der Waals surface area contributed by atoms with Crippen molar-refractivity contribution in [1.29, 1.82) is 0 Å². The molecule has 2 aromatic carbocycles. The molecule has 28 heavy (non-hydrogen) atoms. The number of hydrogen-bond donors (Lipinski definition) is 1. The first-order valence-electron chi connectivity index (χ1n) is 8.40. The number of nitrogens with one attached hydrogen (secondary N) is 1. The monoisotopic (exact) mass is 380 g/mol. The van der Waals surface area contributed by atoms with Gasteiger partial charge in [0.15, 0.2) is 11.5 Å². The molecule has 1 heterocycles. The topological polar surface area (TPSA) is 87.0 Å². The van der Waals surface area contributed by atoms with Gasteiger partial charge in [0.05, 0.1) is 33.2 Å². The van der Waals surface area contributed by atoms with E-state index in [-0.39, 0.29) is 0 Å². The number of methoxy groups -OCH3 is 3. The zero-order valence-electron chi connectivity index (χ0n) is 15.7. The second kappa shape index (κ2) is 8.72. The van der Waals surface area contributed by atoms with Crippen LogP contribution in [0.4, 0.5) is 4.79 Å². The lowest BCUT2D eigenvalue weighted by molar-refractivity contribution is 0.171. The number of benzene rings is 2. The fourth-order valence-electron chi connectivity index (χ4n) is 2.60. The summed E-state index contributed by atoms with van der Waals surface area (Å²) in [6.07, 6.45) is 2.68. The van der Waals surface area contributed by atoms with Crippen LogP contribution in [-0.4, -0.2) is 43.4 Å². The molecule has 1 amide bonds. The van der Waals surface area contributed by atoms with Crippen molar-refractivity contribution >= 4 is 12.3 Å². The van der Waals surface area contributed by atoms with Gasteiger partial charge in [-0.25, -0.2) is 14.9 Å². The molecule has 0 aliphatic carbocycles. The molecule has 0 unspecified atom stereocenters. The maximum Gasteiger partial charge on any atom is 0.427 e. The molecule has 1 aromatic heterocycles. The third kappa shape index (κ3) is 4.12. The third-order valence-electron chi connectivity index (χ3n) is 3.97. The predicted octanol–water partition coefficient (Wildman–Crippen LogP) is 3.25. The summed E-state index contributed by atoms with van der Waals surface area (Å²) in [4.78, 5) is 11.2. The molecule has 8 heteroatoms. The van der Waals surface area contributed by atoms with Crippen LogP contribution in [0.5, 0.6) is 11.5 Å². The summed E-state index contributed by atoms with van der Waals surface area (Å²) < 4.78 is 16.9. The summed E-state index contributed by atoms with van der Waals surface area (Å²) in [6.45, 7) is 0. The van der Waals surface area contributed by atoms with Crippen molar-refractivity contribution in [2.24, 2.45) is 5.10 Å². The molecule has 3 aromatic rings. The smallest absolute Gasteiger partial charge is 0.427 e. The number of hydrazone groups is 1. The van der Waals surface area contributed by atoms with E-state index < -0.39 is 6.09 Å². The molecule has 3 rings (SSSR count). The summed E-state index contributed by atoms with van der Waals surface area (Å²) >= 11 is 0. The van der Waals surface area contributed by atoms with Crippen LogP contribution in [-0.2, 0) is 4.74 Å². The van der Waals surface area contributed by atoms with Crippen molar-refractivity contribution in [2.75, 3.05) is 21.3 Å². The lowest BCUT2D eigenvalue weighted by Gasteiger charge is -2.09. The second-order valence-electron chi connectivity index (χ2n) is 5.64. The van der Waals surface area contributed by atoms with Crippen molar-refractivity contribution in [3.63, 3.8) is 0 Å². The number of rotatable bonds is 6. The number of aromatic nitrogens is 2. The number of nitrogens with zero attached hydrogens (tertiary/aromatic N) is 3. The zero-order chi connectivity index (χ0) is 19.9. The average molecular weight is 380 g/mol. The summed E-state index contributed by atoms with van der Waals surface area (Å²) in [5.41, 5.74) is 5.35. The van der Waals surface area contributed by atoms with Crippen LogP contribution in [0.1, 0.15) is 5.56 Å². The van der Waals surface area contributed by atoms with Gasteiger partial charge in [0.2, 0.25) is 0 Å². The van der Waals surface area contributed by atoms with Crippen LogP contribution in [0.25, 0.3) is 16.9 Å². The van der Waals surface area contributed by atoms with E-state index >= 15 is 0 Å². The van der Waals surface area contributed by atoms with Gasteiger partial charge >= 0.3 is 6.09 Å². The molecule has 144 valence electrons. The van der Waals surface area contributed by atoms with Gasteiger partial charge < -0.3 is 14.2 Å². The molecule has 0 spiro atoms. The summed E-state index contributed by atoms with van der Waals surface area (Å²) in [7, 11) is 4.43. The number of carbonyl (C=O) groups is 1. The Hall–Kier alpha value is -3.81. The fourth-order valence-corrected chi connectivity index (χ4v) is 2.60. The van der Waals surface area contributed by atoms with Crippen molar-refractivity contribution in [3.05, 3.63) is 60.3 Å². The van der Waals surface area contributed by atoms with E-state index in [1.807, 2.05) is 54.7 Å². The average Bonchev–Trinajstić information content (AvgIpc) is 3.17. The minimum Gasteiger partial charge on any atom is -0.493 e. The Bertz CT molecular complexity index is 983. The first-order valence-corrected chi connectivity index (χ1v) is 8.40. The number of para-hydroxylation sites is 1. The van der Waals surface area contributed by atoms with Gasteiger partial charge in [0.25, 0.3) is 0 Å². The van der Waals surface area contributed by atoms with Crippen LogP contribution < -0.4 is 14.9 Å². The Labute approximate surface area is 162 Å². The Balaban J connectivity index is 2.05. The molecule has 0 fully saturated rings. The molecule has 8 nitrogen and oxygen atoms in total. The molecule has 0 aliphatic heterocycles. The molecular formula is C20H20N4O4. The summed E-state index contributed by atoms with van der Waals surface area (Å²) in [5.74, 6) is 1.21. The maximum atomic E-state index is 11.2. The van der Waals surface area contributed by atoms with Gasteiger partial charge in [0, 0.05) is 17.3 Å². The lowest BCUT2D eigenvalue weighted by Crippen LogP contribution is -2.16. The van der Waals surface area contributed by atoms with Crippen molar-refractivity contribution < 1.29 is 19.0 Å². The molecular weight excluding hydrogens is 360 g/mol. The Morgan fingerprint density at radius 1 is 1.07 bits per heavy atom. The van der Waals surface area contributed by atoms with Crippen LogP contribution in [0.15, 0.2) is 59.8 Å². The molecule has 0 bridgehead atoms. The Morgan fingerprint density at radius 3 is 2.50 bits per heavy atom. The first kappa shape index (κ1) is 19.0. The Kier molecular flexibility index (Phi) is 5.91. The van der Waals surface area contributed by atoms with Gasteiger partial charge in [-0.1, -0.05) is 18.2 Å². The van der Waals surface area contributed by atoms with E-state index in [9.17, 15) is 4.79 Å². The van der Waals surface area contributed by atoms with Gasteiger partial charge in [-0.2, -0.15) is 10.2 Å². The molecule has 1 N–H and O–H groups in total. The van der Waals surface area contributed by atoms with E-state index in [1.165, 1.54) is 13.3 Å². The fraction of sp³-hybridized carbons (Fsp3) is 0.150. The van der Waals surface area contributed by atoms with E-state index in [1.54, 1.807) is 18.9 Å². The van der Waals surface area contributed by atoms with Gasteiger partial charge in [-0.05, 0) is 30.3 Å². The minimum absolute atomic E-state index is 0.588. The predicted molar refractivity (Wildman–Crippen MR) is 105 cm³/mol. The van der Waals surface area contributed by atoms with E-state index in [0.29, 0.717) is 22.8 Å². The molecule has 0 aliphatic rings. The number of amides is 1. The van der Waals surface area contributed by atoms with Crippen LogP contribution in [0.2, 0.25) is 0 Å². The highest BCUT2D eigenvalue weighted by molar-refractivity contribution is 5.89. The third-order valence-corrected chi connectivity index (χ3v) is 3.97. The van der Waals surface area contributed by atoms with Gasteiger partial charge in [-0.15, -0.1) is 0 Å². The van der Waals surface area contributed by atoms with Crippen molar-refractivity contribution in [3.8, 4) is 28.4 Å². The standard InChI is InChI=1S/C20H20N4O4/c1-26-17-10-9-14(11-18(17)27-2)19-15(12-21-22-20(25)28-3)13-24(23-19)16-7-5-4-6-8-16/h4-13H,1-3H3,(H,22,25)/b21-12+. The normalized spacial score (nSPS) is 10.7. The molecule has 0 atom stereocenters. The highest BCUT2D eigenvalue weighted by atomic mass is 16.5. The number of ether oxygens (including phenoxy) is 3. The van der Waals surface area contributed by atoms with E-state index in [2.05, 4.69) is 20.4 Å². The van der Waals surface area contributed by atoms with Crippen LogP contribution in [0, 0.1) is 0 Å². The minimum atomic E-state index is -0.653. The number of carbonyl (C=O) groups excluding carboxylic acids is 1. The van der Waals surface area contributed by atoms with E-state index in [4.69, 9.17) is 9.47 Å². The SMILES string of the molecule is COC(=O)N/N=C/c1cn(-c2ccccc2)nc1-c1ccc(OC)c(OC)c1. The van der Waals surface area contributed by atoms with Gasteiger partial charge in [-0.3, -0.25) is 0 Å². The first-order chi connectivity index (χ1) is 13.7. The summed E-state index contributed by atoms with van der Waals surface area (Å²) in [5, 5.41) is 8.61. The molecule has 0 saturated carbocycles. The summed E-state index contributed by atoms with van der Waals surface area (Å²) in [6, 6.07) is 15.2. The van der Waals surface area contributed by atoms with Crippen LogP contribution >= 0.6 is 0 Å².